The highest BCUT2D eigenvalue weighted by Crippen LogP contribution is 2.17. The molecule has 0 aliphatic carbocycles. The molecule has 2 aliphatic rings. The average molecular weight is 283 g/mol. The van der Waals surface area contributed by atoms with Crippen molar-refractivity contribution in [2.45, 2.75) is 38.1 Å². The zero-order valence-corrected chi connectivity index (χ0v) is 12.2. The topological polar surface area (TPSA) is 72.9 Å². The molecule has 0 bridgehead atoms. The van der Waals surface area contributed by atoms with Crippen molar-refractivity contribution in [1.29, 1.82) is 0 Å². The van der Waals surface area contributed by atoms with E-state index >= 15 is 0 Å². The Kier molecular flexibility index (Phi) is 5.23. The minimum absolute atomic E-state index is 0.116. The highest BCUT2D eigenvalue weighted by atomic mass is 16.4. The van der Waals surface area contributed by atoms with Crippen molar-refractivity contribution < 1.29 is 14.7 Å². The van der Waals surface area contributed by atoms with E-state index in [1.54, 1.807) is 4.90 Å². The number of carboxylic acid groups (broad SMARTS) is 1. The zero-order chi connectivity index (χ0) is 14.5. The second kappa shape index (κ2) is 6.92. The first-order valence-electron chi connectivity index (χ1n) is 7.53. The van der Waals surface area contributed by atoms with Crippen LogP contribution in [0, 0.1) is 5.92 Å². The molecule has 2 saturated heterocycles. The van der Waals surface area contributed by atoms with Crippen LogP contribution in [0.15, 0.2) is 0 Å². The minimum Gasteiger partial charge on any atom is -0.481 e. The molecular weight excluding hydrogens is 258 g/mol. The predicted octanol–water partition coefficient (Wildman–Crippen LogP) is 0.977. The maximum atomic E-state index is 12.1. The summed E-state index contributed by atoms with van der Waals surface area (Å²) in [6.45, 7) is 2.74. The third kappa shape index (κ3) is 3.85. The first kappa shape index (κ1) is 15.1. The molecular formula is C14H25N3O3. The number of nitrogens with one attached hydrogen (secondary N) is 1. The normalized spacial score (nSPS) is 28.1. The van der Waals surface area contributed by atoms with Crippen LogP contribution in [-0.4, -0.2) is 66.2 Å². The van der Waals surface area contributed by atoms with E-state index in [-0.39, 0.29) is 6.03 Å². The predicted molar refractivity (Wildman–Crippen MR) is 75.6 cm³/mol. The van der Waals surface area contributed by atoms with Gasteiger partial charge in [-0.2, -0.15) is 0 Å². The number of likely N-dealkylation sites (tertiary alicyclic amines) is 2. The lowest BCUT2D eigenvalue weighted by Gasteiger charge is -2.34. The highest BCUT2D eigenvalue weighted by Gasteiger charge is 2.28. The molecule has 0 aromatic heterocycles. The van der Waals surface area contributed by atoms with E-state index in [0.29, 0.717) is 32.1 Å². The number of urea groups is 1. The molecule has 2 aliphatic heterocycles. The molecule has 114 valence electrons. The van der Waals surface area contributed by atoms with Crippen molar-refractivity contribution >= 4 is 12.0 Å². The van der Waals surface area contributed by atoms with E-state index < -0.39 is 11.9 Å². The number of hydrogen-bond donors (Lipinski definition) is 2. The molecule has 2 atom stereocenters. The monoisotopic (exact) mass is 283 g/mol. The van der Waals surface area contributed by atoms with E-state index in [1.807, 2.05) is 0 Å². The Bertz CT molecular complexity index is 362. The molecule has 20 heavy (non-hydrogen) atoms. The number of hydrogen-bond acceptors (Lipinski definition) is 3. The van der Waals surface area contributed by atoms with Gasteiger partial charge in [0.1, 0.15) is 0 Å². The summed E-state index contributed by atoms with van der Waals surface area (Å²) in [4.78, 5) is 27.1. The van der Waals surface area contributed by atoms with Gasteiger partial charge in [0.2, 0.25) is 0 Å². The molecule has 6 nitrogen and oxygen atoms in total. The lowest BCUT2D eigenvalue weighted by atomic mass is 9.98. The fourth-order valence-electron chi connectivity index (χ4n) is 3.08. The lowest BCUT2D eigenvalue weighted by Crippen LogP contribution is -2.51. The average Bonchev–Trinajstić information content (AvgIpc) is 2.46. The van der Waals surface area contributed by atoms with E-state index in [4.69, 9.17) is 5.11 Å². The Morgan fingerprint density at radius 3 is 2.70 bits per heavy atom. The number of amides is 2. The number of rotatable bonds is 3. The van der Waals surface area contributed by atoms with Gasteiger partial charge in [0.15, 0.2) is 0 Å². The van der Waals surface area contributed by atoms with E-state index in [9.17, 15) is 9.59 Å². The molecule has 6 heteroatoms. The maximum absolute atomic E-state index is 12.1. The fraction of sp³-hybridized carbons (Fsp3) is 0.857. The Morgan fingerprint density at radius 1 is 1.20 bits per heavy atom. The Balaban J connectivity index is 1.77. The van der Waals surface area contributed by atoms with Crippen LogP contribution in [-0.2, 0) is 4.79 Å². The van der Waals surface area contributed by atoms with Gasteiger partial charge < -0.3 is 20.2 Å². The van der Waals surface area contributed by atoms with Crippen LogP contribution in [0.1, 0.15) is 32.1 Å². The molecule has 2 heterocycles. The summed E-state index contributed by atoms with van der Waals surface area (Å²) in [6.07, 6.45) is 5.01. The van der Waals surface area contributed by atoms with E-state index in [1.165, 1.54) is 12.8 Å². The van der Waals surface area contributed by atoms with Gasteiger partial charge in [-0.15, -0.1) is 0 Å². The number of carboxylic acids is 1. The van der Waals surface area contributed by atoms with Crippen LogP contribution in [0.3, 0.4) is 0 Å². The summed E-state index contributed by atoms with van der Waals surface area (Å²) >= 11 is 0. The van der Waals surface area contributed by atoms with Crippen LogP contribution < -0.4 is 5.32 Å². The van der Waals surface area contributed by atoms with Gasteiger partial charge in [-0.1, -0.05) is 6.42 Å². The number of carbonyl (C=O) groups excluding carboxylic acids is 1. The summed E-state index contributed by atoms with van der Waals surface area (Å²) in [7, 11) is 2.09. The van der Waals surface area contributed by atoms with Gasteiger partial charge in [-0.3, -0.25) is 4.79 Å². The first-order valence-corrected chi connectivity index (χ1v) is 7.53. The largest absolute Gasteiger partial charge is 0.481 e. The van der Waals surface area contributed by atoms with Crippen LogP contribution >= 0.6 is 0 Å². The van der Waals surface area contributed by atoms with Gasteiger partial charge >= 0.3 is 12.0 Å². The fourth-order valence-corrected chi connectivity index (χ4v) is 3.08. The van der Waals surface area contributed by atoms with Gasteiger partial charge in [0.05, 0.1) is 5.92 Å². The first-order chi connectivity index (χ1) is 9.58. The van der Waals surface area contributed by atoms with Gasteiger partial charge in [0, 0.05) is 25.7 Å². The van der Waals surface area contributed by atoms with Crippen molar-refractivity contribution in [3.05, 3.63) is 0 Å². The highest BCUT2D eigenvalue weighted by molar-refractivity contribution is 5.76. The minimum atomic E-state index is -0.797. The Morgan fingerprint density at radius 2 is 2.00 bits per heavy atom. The molecule has 0 saturated carbocycles. The number of nitrogens with zero attached hydrogens (tertiary/aromatic N) is 2. The molecule has 0 aromatic rings. The second-order valence-corrected chi connectivity index (χ2v) is 5.94. The summed E-state index contributed by atoms with van der Waals surface area (Å²) in [5.74, 6) is -1.21. The summed E-state index contributed by atoms with van der Waals surface area (Å²) in [5, 5.41) is 12.0. The second-order valence-electron chi connectivity index (χ2n) is 5.94. The van der Waals surface area contributed by atoms with E-state index in [0.717, 1.165) is 19.4 Å². The van der Waals surface area contributed by atoms with Crippen molar-refractivity contribution in [3.8, 4) is 0 Å². The van der Waals surface area contributed by atoms with Gasteiger partial charge in [0.25, 0.3) is 0 Å². The van der Waals surface area contributed by atoms with Crippen LogP contribution in [0.25, 0.3) is 0 Å². The molecule has 1 unspecified atom stereocenters. The zero-order valence-electron chi connectivity index (χ0n) is 12.2. The number of carbonyl (C=O) groups is 2. The molecule has 2 amide bonds. The Labute approximate surface area is 120 Å². The molecule has 0 spiro atoms. The Hall–Kier alpha value is -1.30. The third-order valence-electron chi connectivity index (χ3n) is 4.47. The standard InChI is InChI=1S/C14H25N3O3/c1-16-7-3-2-6-12(16)9-15-14(20)17-8-4-5-11(10-17)13(18)19/h11-12H,2-10H2,1H3,(H,15,20)(H,18,19)/t11-,12?/m0/s1. The quantitative estimate of drug-likeness (QED) is 0.810. The molecule has 2 rings (SSSR count). The number of aliphatic carboxylic acids is 1. The number of piperidine rings is 2. The van der Waals surface area contributed by atoms with Crippen molar-refractivity contribution in [2.24, 2.45) is 5.92 Å². The summed E-state index contributed by atoms with van der Waals surface area (Å²) in [5.41, 5.74) is 0. The molecule has 2 fully saturated rings. The van der Waals surface area contributed by atoms with Crippen LogP contribution in [0.4, 0.5) is 4.79 Å². The smallest absolute Gasteiger partial charge is 0.317 e. The molecule has 2 N–H and O–H groups in total. The number of likely N-dealkylation sites (N-methyl/N-ethyl adjacent to an activating group) is 1. The van der Waals surface area contributed by atoms with Crippen LogP contribution in [0.2, 0.25) is 0 Å². The summed E-state index contributed by atoms with van der Waals surface area (Å²) in [6, 6.07) is 0.294. The third-order valence-corrected chi connectivity index (χ3v) is 4.47. The molecule has 0 radical (unpaired) electrons. The maximum Gasteiger partial charge on any atom is 0.317 e. The van der Waals surface area contributed by atoms with Crippen molar-refractivity contribution in [1.82, 2.24) is 15.1 Å². The van der Waals surface area contributed by atoms with Gasteiger partial charge in [-0.05, 0) is 39.3 Å². The van der Waals surface area contributed by atoms with E-state index in [2.05, 4.69) is 17.3 Å². The lowest BCUT2D eigenvalue weighted by molar-refractivity contribution is -0.143. The molecule has 0 aromatic carbocycles. The van der Waals surface area contributed by atoms with Crippen molar-refractivity contribution in [3.63, 3.8) is 0 Å². The van der Waals surface area contributed by atoms with Crippen molar-refractivity contribution in [2.75, 3.05) is 33.2 Å². The van der Waals surface area contributed by atoms with Crippen LogP contribution in [0.5, 0.6) is 0 Å². The van der Waals surface area contributed by atoms with Gasteiger partial charge in [-0.25, -0.2) is 4.79 Å². The SMILES string of the molecule is CN1CCCCC1CNC(=O)N1CCC[C@H](C(=O)O)C1. The summed E-state index contributed by atoms with van der Waals surface area (Å²) < 4.78 is 0.